The third-order valence-electron chi connectivity index (χ3n) is 3.25. The molecule has 0 unspecified atom stereocenters. The Kier molecular flexibility index (Phi) is 3.72. The Hall–Kier alpha value is -2.01. The number of rotatable bonds is 3. The lowest BCUT2D eigenvalue weighted by Crippen LogP contribution is -2.20. The van der Waals surface area contributed by atoms with Crippen LogP contribution >= 0.6 is 11.6 Å². The van der Waals surface area contributed by atoms with Crippen molar-refractivity contribution in [2.24, 2.45) is 5.73 Å². The van der Waals surface area contributed by atoms with Gasteiger partial charge in [-0.1, -0.05) is 11.6 Å². The van der Waals surface area contributed by atoms with Crippen molar-refractivity contribution < 1.29 is 4.79 Å². The average molecular weight is 294 g/mol. The molecule has 0 aliphatic carbocycles. The number of halogens is 1. The van der Waals surface area contributed by atoms with E-state index in [0.717, 1.165) is 5.69 Å². The van der Waals surface area contributed by atoms with Gasteiger partial charge < -0.3 is 15.6 Å². The molecule has 6 heteroatoms. The van der Waals surface area contributed by atoms with Crippen LogP contribution in [0, 0.1) is 6.92 Å². The van der Waals surface area contributed by atoms with Crippen LogP contribution < -0.4 is 16.1 Å². The van der Waals surface area contributed by atoms with Crippen molar-refractivity contribution in [3.8, 4) is 0 Å². The van der Waals surface area contributed by atoms with Crippen LogP contribution in [0.15, 0.2) is 16.9 Å². The molecule has 1 heterocycles. The Morgan fingerprint density at radius 3 is 2.60 bits per heavy atom. The highest BCUT2D eigenvalue weighted by Gasteiger charge is 2.14. The molecule has 0 aliphatic heterocycles. The van der Waals surface area contributed by atoms with Crippen molar-refractivity contribution in [3.05, 3.63) is 38.6 Å². The molecule has 1 aromatic carbocycles. The zero-order valence-corrected chi connectivity index (χ0v) is 12.3. The van der Waals surface area contributed by atoms with E-state index in [1.165, 1.54) is 0 Å². The Bertz CT molecular complexity index is 750. The third kappa shape index (κ3) is 2.49. The summed E-state index contributed by atoms with van der Waals surface area (Å²) in [5, 5.41) is 0.823. The van der Waals surface area contributed by atoms with Gasteiger partial charge in [0.2, 0.25) is 5.91 Å². The molecule has 3 N–H and O–H groups in total. The Morgan fingerprint density at radius 2 is 2.05 bits per heavy atom. The van der Waals surface area contributed by atoms with Gasteiger partial charge in [0, 0.05) is 31.0 Å². The number of benzene rings is 1. The molecule has 2 rings (SSSR count). The van der Waals surface area contributed by atoms with Gasteiger partial charge in [0.15, 0.2) is 5.43 Å². The molecule has 1 aromatic heterocycles. The normalized spacial score (nSPS) is 10.8. The van der Waals surface area contributed by atoms with Crippen LogP contribution in [0.1, 0.15) is 11.3 Å². The van der Waals surface area contributed by atoms with Crippen LogP contribution in [0.3, 0.4) is 0 Å². The van der Waals surface area contributed by atoms with E-state index in [2.05, 4.69) is 4.98 Å². The van der Waals surface area contributed by atoms with Crippen molar-refractivity contribution >= 4 is 34.1 Å². The first-order chi connectivity index (χ1) is 9.31. The van der Waals surface area contributed by atoms with Crippen LogP contribution in [0.5, 0.6) is 0 Å². The molecule has 2 aromatic rings. The number of hydrogen-bond donors (Lipinski definition) is 2. The second-order valence-corrected chi connectivity index (χ2v) is 5.35. The molecular weight excluding hydrogens is 278 g/mol. The molecule has 0 saturated heterocycles. The number of aromatic nitrogens is 1. The van der Waals surface area contributed by atoms with Gasteiger partial charge >= 0.3 is 0 Å². The van der Waals surface area contributed by atoms with Crippen molar-refractivity contribution in [1.29, 1.82) is 0 Å². The number of pyridine rings is 1. The van der Waals surface area contributed by atoms with Crippen LogP contribution in [-0.4, -0.2) is 25.0 Å². The molecule has 0 bridgehead atoms. The summed E-state index contributed by atoms with van der Waals surface area (Å²) in [5.41, 5.74) is 7.49. The third-order valence-corrected chi connectivity index (χ3v) is 3.55. The number of amides is 1. The SMILES string of the molecule is Cc1c(CC(N)=O)[nH]c2cc(N(C)C)cc(Cl)c2c1=O. The molecule has 0 aliphatic rings. The van der Waals surface area contributed by atoms with Crippen LogP contribution in [0.4, 0.5) is 5.69 Å². The zero-order chi connectivity index (χ0) is 15.0. The lowest BCUT2D eigenvalue weighted by molar-refractivity contribution is -0.117. The van der Waals surface area contributed by atoms with E-state index in [0.29, 0.717) is 27.2 Å². The van der Waals surface area contributed by atoms with Gasteiger partial charge in [-0.3, -0.25) is 9.59 Å². The molecule has 0 atom stereocenters. The van der Waals surface area contributed by atoms with Crippen molar-refractivity contribution in [1.82, 2.24) is 4.98 Å². The van der Waals surface area contributed by atoms with E-state index in [-0.39, 0.29) is 11.8 Å². The maximum atomic E-state index is 12.4. The molecule has 0 fully saturated rings. The molecule has 1 amide bonds. The highest BCUT2D eigenvalue weighted by Crippen LogP contribution is 2.26. The molecule has 0 spiro atoms. The first-order valence-corrected chi connectivity index (χ1v) is 6.49. The highest BCUT2D eigenvalue weighted by molar-refractivity contribution is 6.35. The van der Waals surface area contributed by atoms with E-state index in [1.54, 1.807) is 13.0 Å². The number of hydrogen-bond acceptors (Lipinski definition) is 3. The molecule has 20 heavy (non-hydrogen) atoms. The van der Waals surface area contributed by atoms with E-state index in [4.69, 9.17) is 17.3 Å². The summed E-state index contributed by atoms with van der Waals surface area (Å²) in [4.78, 5) is 28.4. The zero-order valence-electron chi connectivity index (χ0n) is 11.6. The molecule has 106 valence electrons. The summed E-state index contributed by atoms with van der Waals surface area (Å²) in [6.45, 7) is 1.66. The molecule has 0 saturated carbocycles. The fourth-order valence-corrected chi connectivity index (χ4v) is 2.41. The highest BCUT2D eigenvalue weighted by atomic mass is 35.5. The van der Waals surface area contributed by atoms with E-state index in [9.17, 15) is 9.59 Å². The van der Waals surface area contributed by atoms with Gasteiger partial charge in [0.25, 0.3) is 0 Å². The Labute approximate surface area is 121 Å². The number of aromatic amines is 1. The number of anilines is 1. The number of carbonyl (C=O) groups excluding carboxylic acids is 1. The summed E-state index contributed by atoms with van der Waals surface area (Å²) >= 11 is 6.20. The first-order valence-electron chi connectivity index (χ1n) is 6.12. The fourth-order valence-electron chi connectivity index (χ4n) is 2.11. The van der Waals surface area contributed by atoms with Gasteiger partial charge in [0.05, 0.1) is 22.3 Å². The van der Waals surface area contributed by atoms with Gasteiger partial charge in [-0.15, -0.1) is 0 Å². The number of nitrogens with one attached hydrogen (secondary N) is 1. The lowest BCUT2D eigenvalue weighted by Gasteiger charge is -2.15. The second-order valence-electron chi connectivity index (χ2n) is 4.95. The number of H-pyrrole nitrogens is 1. The maximum Gasteiger partial charge on any atom is 0.223 e. The van der Waals surface area contributed by atoms with Crippen LogP contribution in [-0.2, 0) is 11.2 Å². The molecule has 0 radical (unpaired) electrons. The Balaban J connectivity index is 2.80. The van der Waals surface area contributed by atoms with Crippen LogP contribution in [0.2, 0.25) is 5.02 Å². The van der Waals surface area contributed by atoms with Gasteiger partial charge in [-0.25, -0.2) is 0 Å². The molecular formula is C14H16ClN3O2. The predicted molar refractivity (Wildman–Crippen MR) is 81.5 cm³/mol. The quantitative estimate of drug-likeness (QED) is 0.902. The largest absolute Gasteiger partial charge is 0.378 e. The van der Waals surface area contributed by atoms with Crippen molar-refractivity contribution in [2.45, 2.75) is 13.3 Å². The van der Waals surface area contributed by atoms with E-state index < -0.39 is 5.91 Å². The average Bonchev–Trinajstić information content (AvgIpc) is 2.34. The van der Waals surface area contributed by atoms with Crippen molar-refractivity contribution in [3.63, 3.8) is 0 Å². The minimum Gasteiger partial charge on any atom is -0.378 e. The minimum absolute atomic E-state index is 0.000818. The van der Waals surface area contributed by atoms with Gasteiger partial charge in [0.1, 0.15) is 0 Å². The number of fused-ring (bicyclic) bond motifs is 1. The summed E-state index contributed by atoms with van der Waals surface area (Å²) in [5.74, 6) is -0.488. The first kappa shape index (κ1) is 14.4. The number of nitrogens with zero attached hydrogens (tertiary/aromatic N) is 1. The predicted octanol–water partition coefficient (Wildman–Crippen LogP) is 1.58. The number of carbonyl (C=O) groups is 1. The standard InChI is InChI=1S/C14H16ClN3O2/c1-7-10(6-12(16)19)17-11-5-8(18(2)3)4-9(15)13(11)14(7)20/h4-5H,6H2,1-3H3,(H2,16,19)(H,17,20). The lowest BCUT2D eigenvalue weighted by atomic mass is 10.1. The monoisotopic (exact) mass is 293 g/mol. The maximum absolute atomic E-state index is 12.4. The summed E-state index contributed by atoms with van der Waals surface area (Å²) in [6.07, 6.45) is 0.000818. The van der Waals surface area contributed by atoms with E-state index >= 15 is 0 Å². The smallest absolute Gasteiger partial charge is 0.223 e. The van der Waals surface area contributed by atoms with Crippen molar-refractivity contribution in [2.75, 3.05) is 19.0 Å². The number of primary amides is 1. The molecule has 5 nitrogen and oxygen atoms in total. The Morgan fingerprint density at radius 1 is 1.40 bits per heavy atom. The summed E-state index contributed by atoms with van der Waals surface area (Å²) in [7, 11) is 3.77. The summed E-state index contributed by atoms with van der Waals surface area (Å²) < 4.78 is 0. The topological polar surface area (TPSA) is 79.2 Å². The fraction of sp³-hybridized carbons (Fsp3) is 0.286. The van der Waals surface area contributed by atoms with Gasteiger partial charge in [-0.05, 0) is 19.1 Å². The minimum atomic E-state index is -0.488. The second kappa shape index (κ2) is 5.17. The van der Waals surface area contributed by atoms with E-state index in [1.807, 2.05) is 25.1 Å². The summed E-state index contributed by atoms with van der Waals surface area (Å²) in [6, 6.07) is 3.57. The number of nitrogens with two attached hydrogens (primary N) is 1. The van der Waals surface area contributed by atoms with Crippen LogP contribution in [0.25, 0.3) is 10.9 Å². The van der Waals surface area contributed by atoms with Gasteiger partial charge in [-0.2, -0.15) is 0 Å².